The summed E-state index contributed by atoms with van der Waals surface area (Å²) < 4.78 is 10.4. The third kappa shape index (κ3) is 5.14. The average molecular weight is 450 g/mol. The van der Waals surface area contributed by atoms with Crippen molar-refractivity contribution in [1.82, 2.24) is 10.2 Å². The summed E-state index contributed by atoms with van der Waals surface area (Å²) in [5.41, 5.74) is 1.95. The molecule has 0 radical (unpaired) electrons. The number of thiophene rings is 1. The maximum Gasteiger partial charge on any atom is 0.338 e. The summed E-state index contributed by atoms with van der Waals surface area (Å²) in [7, 11) is 1.56. The topological polar surface area (TPSA) is 80.2 Å². The summed E-state index contributed by atoms with van der Waals surface area (Å²) >= 11 is 3.04. The predicted molar refractivity (Wildman–Crippen MR) is 120 cm³/mol. The molecule has 1 atom stereocenters. The van der Waals surface area contributed by atoms with Gasteiger partial charge in [0, 0.05) is 24.2 Å². The predicted octanol–water partition coefficient (Wildman–Crippen LogP) is 3.67. The highest BCUT2D eigenvalue weighted by Gasteiger charge is 2.41. The number of hydrogen-bond acceptors (Lipinski definition) is 8. The van der Waals surface area contributed by atoms with Crippen LogP contribution in [0.3, 0.4) is 0 Å². The summed E-state index contributed by atoms with van der Waals surface area (Å²) in [4.78, 5) is 33.1. The van der Waals surface area contributed by atoms with E-state index in [2.05, 4.69) is 24.2 Å². The number of carbonyl (C=O) groups is 2. The minimum absolute atomic E-state index is 0.0442. The van der Waals surface area contributed by atoms with Crippen LogP contribution in [0, 0.1) is 5.92 Å². The van der Waals surface area contributed by atoms with Gasteiger partial charge >= 0.3 is 5.97 Å². The molecule has 0 bridgehead atoms. The number of rotatable bonds is 9. The van der Waals surface area contributed by atoms with Gasteiger partial charge in [-0.15, -0.1) is 11.3 Å². The lowest BCUT2D eigenvalue weighted by molar-refractivity contribution is -0.141. The van der Waals surface area contributed by atoms with E-state index in [0.29, 0.717) is 30.3 Å². The van der Waals surface area contributed by atoms with E-state index in [9.17, 15) is 9.59 Å². The summed E-state index contributed by atoms with van der Waals surface area (Å²) in [6.07, 6.45) is 0.228. The van der Waals surface area contributed by atoms with E-state index in [1.807, 2.05) is 34.7 Å². The van der Waals surface area contributed by atoms with Crippen molar-refractivity contribution in [2.45, 2.75) is 33.2 Å². The van der Waals surface area contributed by atoms with Crippen molar-refractivity contribution in [1.29, 1.82) is 0 Å². The zero-order valence-corrected chi connectivity index (χ0v) is 19.3. The average Bonchev–Trinajstić information content (AvgIpc) is 3.36. The Morgan fingerprint density at radius 3 is 2.80 bits per heavy atom. The highest BCUT2D eigenvalue weighted by Crippen LogP contribution is 2.45. The van der Waals surface area contributed by atoms with Gasteiger partial charge in [0.2, 0.25) is 5.91 Å². The zero-order chi connectivity index (χ0) is 21.7. The first-order valence-corrected chi connectivity index (χ1v) is 11.6. The standard InChI is InChI=1S/C21H27N3O4S2/c1-13(2)11-22-17(25)10-15-12-30-21-23-14(3)18(20(26)28-8-7-27-4)19(24(15)21)16-6-5-9-29-16/h5-6,9,12-13,19H,7-8,10-11H2,1-4H3,(H,22,25). The Hall–Kier alpha value is -2.10. The first-order valence-electron chi connectivity index (χ1n) is 9.83. The van der Waals surface area contributed by atoms with Crippen molar-refractivity contribution in [3.05, 3.63) is 44.8 Å². The van der Waals surface area contributed by atoms with Crippen LogP contribution in [0.2, 0.25) is 0 Å². The van der Waals surface area contributed by atoms with Crippen LogP contribution in [0.25, 0.3) is 0 Å². The monoisotopic (exact) mass is 449 g/mol. The molecule has 3 heterocycles. The number of ether oxygens (including phenoxy) is 2. The SMILES string of the molecule is COCCOC(=O)C1=C(C)N=C2SC=C(CC(=O)NCC(C)C)N2C1c1cccs1. The summed E-state index contributed by atoms with van der Waals surface area (Å²) in [6.45, 7) is 7.08. The van der Waals surface area contributed by atoms with Crippen LogP contribution in [0.4, 0.5) is 0 Å². The van der Waals surface area contributed by atoms with Crippen LogP contribution in [0.5, 0.6) is 0 Å². The number of nitrogens with one attached hydrogen (secondary N) is 1. The maximum absolute atomic E-state index is 13.0. The number of hydrogen-bond donors (Lipinski definition) is 1. The molecule has 7 nitrogen and oxygen atoms in total. The number of nitrogens with zero attached hydrogens (tertiary/aromatic N) is 2. The number of methoxy groups -OCH3 is 1. The van der Waals surface area contributed by atoms with Crippen LogP contribution < -0.4 is 5.32 Å². The minimum atomic E-state index is -0.411. The van der Waals surface area contributed by atoms with Gasteiger partial charge in [-0.25, -0.2) is 9.79 Å². The molecular formula is C21H27N3O4S2. The lowest BCUT2D eigenvalue weighted by Crippen LogP contribution is -2.38. The van der Waals surface area contributed by atoms with Crippen LogP contribution in [0.1, 0.15) is 38.1 Å². The van der Waals surface area contributed by atoms with Crippen LogP contribution in [-0.2, 0) is 19.1 Å². The Labute approximate surface area is 185 Å². The summed E-state index contributed by atoms with van der Waals surface area (Å²) in [5.74, 6) is -0.0746. The largest absolute Gasteiger partial charge is 0.460 e. The Bertz CT molecular complexity index is 875. The molecule has 0 saturated heterocycles. The molecule has 1 aromatic heterocycles. The zero-order valence-electron chi connectivity index (χ0n) is 17.6. The fraction of sp³-hybridized carbons (Fsp3) is 0.476. The number of amides is 1. The molecule has 2 aliphatic heterocycles. The quantitative estimate of drug-likeness (QED) is 0.458. The molecule has 1 aromatic rings. The number of thioether (sulfide) groups is 1. The number of fused-ring (bicyclic) bond motifs is 1. The second kappa shape index (κ2) is 10.3. The summed E-state index contributed by atoms with van der Waals surface area (Å²) in [5, 5.41) is 7.65. The van der Waals surface area contributed by atoms with Gasteiger partial charge < -0.3 is 19.7 Å². The number of carbonyl (C=O) groups excluding carboxylic acids is 2. The number of amidine groups is 1. The molecule has 9 heteroatoms. The molecule has 3 rings (SSSR count). The van der Waals surface area contributed by atoms with Crippen LogP contribution in [-0.4, -0.2) is 48.8 Å². The Kier molecular flexibility index (Phi) is 7.74. The van der Waals surface area contributed by atoms with Gasteiger partial charge in [-0.3, -0.25) is 4.79 Å². The van der Waals surface area contributed by atoms with E-state index >= 15 is 0 Å². The molecule has 0 aromatic carbocycles. The summed E-state index contributed by atoms with van der Waals surface area (Å²) in [6, 6.07) is 3.58. The van der Waals surface area contributed by atoms with Gasteiger partial charge in [0.15, 0.2) is 5.17 Å². The van der Waals surface area contributed by atoms with Crippen LogP contribution in [0.15, 0.2) is 44.9 Å². The molecule has 1 N–H and O–H groups in total. The van der Waals surface area contributed by atoms with Gasteiger partial charge in [0.05, 0.1) is 24.3 Å². The molecule has 1 amide bonds. The smallest absolute Gasteiger partial charge is 0.338 e. The highest BCUT2D eigenvalue weighted by molar-refractivity contribution is 8.16. The number of aliphatic imine (C=N–C) groups is 1. The first-order chi connectivity index (χ1) is 14.4. The molecule has 0 aliphatic carbocycles. The normalized spacial score (nSPS) is 18.3. The van der Waals surface area contributed by atoms with E-state index in [1.165, 1.54) is 11.8 Å². The fourth-order valence-electron chi connectivity index (χ4n) is 3.19. The van der Waals surface area contributed by atoms with Crippen molar-refractivity contribution in [3.8, 4) is 0 Å². The minimum Gasteiger partial charge on any atom is -0.460 e. The van der Waals surface area contributed by atoms with Gasteiger partial charge in [-0.05, 0) is 29.7 Å². The molecule has 0 saturated carbocycles. The van der Waals surface area contributed by atoms with Crippen molar-refractivity contribution >= 4 is 40.1 Å². The van der Waals surface area contributed by atoms with E-state index in [4.69, 9.17) is 9.47 Å². The maximum atomic E-state index is 13.0. The van der Waals surface area contributed by atoms with Gasteiger partial charge in [0.1, 0.15) is 12.6 Å². The molecule has 30 heavy (non-hydrogen) atoms. The van der Waals surface area contributed by atoms with Crippen LogP contribution >= 0.6 is 23.1 Å². The Morgan fingerprint density at radius 2 is 2.13 bits per heavy atom. The third-order valence-electron chi connectivity index (χ3n) is 4.60. The van der Waals surface area contributed by atoms with Crippen molar-refractivity contribution in [3.63, 3.8) is 0 Å². The second-order valence-electron chi connectivity index (χ2n) is 7.41. The van der Waals surface area contributed by atoms with E-state index in [1.54, 1.807) is 18.4 Å². The lowest BCUT2D eigenvalue weighted by atomic mass is 9.99. The Balaban J connectivity index is 1.87. The second-order valence-corrected chi connectivity index (χ2v) is 9.23. The van der Waals surface area contributed by atoms with E-state index in [-0.39, 0.29) is 25.0 Å². The lowest BCUT2D eigenvalue weighted by Gasteiger charge is -2.35. The van der Waals surface area contributed by atoms with Crippen molar-refractivity contribution in [2.24, 2.45) is 10.9 Å². The number of allylic oxidation sites excluding steroid dienone is 1. The van der Waals surface area contributed by atoms with Gasteiger partial charge in [-0.2, -0.15) is 0 Å². The number of esters is 1. The highest BCUT2D eigenvalue weighted by atomic mass is 32.2. The Morgan fingerprint density at radius 1 is 1.33 bits per heavy atom. The van der Waals surface area contributed by atoms with Crippen molar-refractivity contribution in [2.75, 3.05) is 26.9 Å². The first kappa shape index (κ1) is 22.6. The van der Waals surface area contributed by atoms with Crippen molar-refractivity contribution < 1.29 is 19.1 Å². The van der Waals surface area contributed by atoms with Gasteiger partial charge in [0.25, 0.3) is 0 Å². The molecule has 0 spiro atoms. The van der Waals surface area contributed by atoms with E-state index in [0.717, 1.165) is 15.7 Å². The molecule has 2 aliphatic rings. The fourth-order valence-corrected chi connectivity index (χ4v) is 4.97. The molecular weight excluding hydrogens is 422 g/mol. The van der Waals surface area contributed by atoms with E-state index < -0.39 is 5.97 Å². The molecule has 162 valence electrons. The molecule has 0 fully saturated rings. The third-order valence-corrected chi connectivity index (χ3v) is 6.42. The van der Waals surface area contributed by atoms with Gasteiger partial charge in [-0.1, -0.05) is 31.7 Å². The molecule has 1 unspecified atom stereocenters.